The fourth-order valence-electron chi connectivity index (χ4n) is 3.20. The Morgan fingerprint density at radius 3 is 2.44 bits per heavy atom. The van der Waals surface area contributed by atoms with Crippen molar-refractivity contribution < 1.29 is 27.3 Å². The Balaban J connectivity index is 1.95. The third kappa shape index (κ3) is 6.07. The number of nitro groups is 1. The molecule has 0 spiro atoms. The topological polar surface area (TPSA) is 119 Å². The van der Waals surface area contributed by atoms with Crippen molar-refractivity contribution in [2.24, 2.45) is 0 Å². The molecule has 11 heteroatoms. The van der Waals surface area contributed by atoms with E-state index >= 15 is 0 Å². The van der Waals surface area contributed by atoms with Gasteiger partial charge in [0.15, 0.2) is 0 Å². The van der Waals surface area contributed by atoms with Gasteiger partial charge in [-0.15, -0.1) is 0 Å². The van der Waals surface area contributed by atoms with Gasteiger partial charge in [-0.05, 0) is 55.5 Å². The van der Waals surface area contributed by atoms with E-state index in [0.717, 1.165) is 22.7 Å². The molecular weight excluding hydrogens is 465 g/mol. The number of carbonyl (C=O) groups excluding carboxylic acids is 1. The van der Waals surface area contributed by atoms with Gasteiger partial charge in [-0.25, -0.2) is 12.8 Å². The molecule has 0 aromatic heterocycles. The SMILES string of the molecule is CCOc1ccc(C(=O)Nc2cccc([N+](=O)[O-])c2)cc1CN(c1ccc(F)cc1)S(C)(=O)=O. The number of ether oxygens (including phenoxy) is 1. The molecule has 0 aliphatic heterocycles. The number of nitrogens with zero attached hydrogens (tertiary/aromatic N) is 2. The predicted molar refractivity (Wildman–Crippen MR) is 126 cm³/mol. The molecule has 0 aliphatic rings. The number of nitrogens with one attached hydrogen (secondary N) is 1. The van der Waals surface area contributed by atoms with Gasteiger partial charge in [0, 0.05) is 28.9 Å². The van der Waals surface area contributed by atoms with Crippen molar-refractivity contribution in [3.05, 3.63) is 93.8 Å². The van der Waals surface area contributed by atoms with Crippen LogP contribution in [-0.2, 0) is 16.6 Å². The molecule has 178 valence electrons. The number of rotatable bonds is 9. The summed E-state index contributed by atoms with van der Waals surface area (Å²) in [5.41, 5.74) is 0.908. The van der Waals surface area contributed by atoms with E-state index in [0.29, 0.717) is 17.9 Å². The quantitative estimate of drug-likeness (QED) is 0.354. The normalized spacial score (nSPS) is 11.0. The van der Waals surface area contributed by atoms with Crippen LogP contribution in [0.4, 0.5) is 21.5 Å². The maximum absolute atomic E-state index is 13.4. The number of hydrogen-bond acceptors (Lipinski definition) is 6. The fraction of sp³-hybridized carbons (Fsp3) is 0.174. The third-order valence-electron chi connectivity index (χ3n) is 4.77. The summed E-state index contributed by atoms with van der Waals surface area (Å²) in [5.74, 6) is -0.672. The summed E-state index contributed by atoms with van der Waals surface area (Å²) in [5, 5.41) is 13.6. The van der Waals surface area contributed by atoms with Crippen LogP contribution in [0, 0.1) is 15.9 Å². The lowest BCUT2D eigenvalue weighted by atomic mass is 10.1. The van der Waals surface area contributed by atoms with Crippen LogP contribution in [0.3, 0.4) is 0 Å². The average Bonchev–Trinajstić information content (AvgIpc) is 2.78. The Morgan fingerprint density at radius 1 is 1.12 bits per heavy atom. The minimum absolute atomic E-state index is 0.169. The largest absolute Gasteiger partial charge is 0.494 e. The Labute approximate surface area is 196 Å². The molecule has 34 heavy (non-hydrogen) atoms. The molecule has 3 aromatic rings. The first-order valence-corrected chi connectivity index (χ1v) is 12.0. The summed E-state index contributed by atoms with van der Waals surface area (Å²) in [4.78, 5) is 23.2. The second kappa shape index (κ2) is 10.3. The molecule has 0 aliphatic carbocycles. The molecule has 0 heterocycles. The maximum Gasteiger partial charge on any atom is 0.271 e. The minimum Gasteiger partial charge on any atom is -0.494 e. The van der Waals surface area contributed by atoms with Crippen LogP contribution in [0.25, 0.3) is 0 Å². The number of nitro benzene ring substituents is 1. The van der Waals surface area contributed by atoms with Gasteiger partial charge in [-0.1, -0.05) is 6.07 Å². The predicted octanol–water partition coefficient (Wildman–Crippen LogP) is 4.35. The number of halogens is 1. The number of carbonyl (C=O) groups is 1. The van der Waals surface area contributed by atoms with Gasteiger partial charge in [0.2, 0.25) is 10.0 Å². The molecule has 0 radical (unpaired) electrons. The molecule has 1 N–H and O–H groups in total. The molecule has 3 rings (SSSR count). The summed E-state index contributed by atoms with van der Waals surface area (Å²) in [6.07, 6.45) is 1.02. The fourth-order valence-corrected chi connectivity index (χ4v) is 4.08. The van der Waals surface area contributed by atoms with Crippen LogP contribution in [0.2, 0.25) is 0 Å². The average molecular weight is 488 g/mol. The number of non-ortho nitro benzene ring substituents is 1. The number of amides is 1. The van der Waals surface area contributed by atoms with E-state index in [1.165, 1.54) is 48.5 Å². The Morgan fingerprint density at radius 2 is 1.82 bits per heavy atom. The molecule has 0 saturated carbocycles. The van der Waals surface area contributed by atoms with Gasteiger partial charge in [-0.2, -0.15) is 0 Å². The van der Waals surface area contributed by atoms with Gasteiger partial charge in [0.25, 0.3) is 11.6 Å². The summed E-state index contributed by atoms with van der Waals surface area (Å²) >= 11 is 0. The van der Waals surface area contributed by atoms with Crippen molar-refractivity contribution in [3.8, 4) is 5.75 Å². The summed E-state index contributed by atoms with van der Waals surface area (Å²) < 4.78 is 45.0. The van der Waals surface area contributed by atoms with Crippen molar-refractivity contribution >= 4 is 33.0 Å². The highest BCUT2D eigenvalue weighted by Gasteiger charge is 2.21. The molecule has 3 aromatic carbocycles. The zero-order valence-corrected chi connectivity index (χ0v) is 19.2. The first-order valence-electron chi connectivity index (χ1n) is 10.1. The van der Waals surface area contributed by atoms with E-state index in [2.05, 4.69) is 5.32 Å². The lowest BCUT2D eigenvalue weighted by molar-refractivity contribution is -0.384. The molecular formula is C23H22FN3O6S. The zero-order valence-electron chi connectivity index (χ0n) is 18.4. The number of benzene rings is 3. The van der Waals surface area contributed by atoms with E-state index in [9.17, 15) is 27.7 Å². The molecule has 9 nitrogen and oxygen atoms in total. The number of anilines is 2. The van der Waals surface area contributed by atoms with Gasteiger partial charge in [-0.3, -0.25) is 19.2 Å². The zero-order chi connectivity index (χ0) is 24.9. The van der Waals surface area contributed by atoms with Crippen LogP contribution >= 0.6 is 0 Å². The van der Waals surface area contributed by atoms with Gasteiger partial charge in [0.1, 0.15) is 11.6 Å². The summed E-state index contributed by atoms with van der Waals surface area (Å²) in [6.45, 7) is 1.90. The van der Waals surface area contributed by atoms with E-state index in [-0.39, 0.29) is 29.2 Å². The lowest BCUT2D eigenvalue weighted by Crippen LogP contribution is -2.29. The second-order valence-corrected chi connectivity index (χ2v) is 9.17. The van der Waals surface area contributed by atoms with Gasteiger partial charge < -0.3 is 10.1 Å². The monoisotopic (exact) mass is 487 g/mol. The van der Waals surface area contributed by atoms with E-state index in [4.69, 9.17) is 4.74 Å². The first kappa shape index (κ1) is 24.6. The van der Waals surface area contributed by atoms with Crippen LogP contribution in [0.5, 0.6) is 5.75 Å². The summed E-state index contributed by atoms with van der Waals surface area (Å²) in [6, 6.07) is 15.0. The first-order chi connectivity index (χ1) is 16.1. The van der Waals surface area contributed by atoms with Crippen molar-refractivity contribution in [3.63, 3.8) is 0 Å². The molecule has 0 saturated heterocycles. The van der Waals surface area contributed by atoms with Crippen molar-refractivity contribution in [1.82, 2.24) is 0 Å². The Hall–Kier alpha value is -3.99. The molecule has 1 amide bonds. The van der Waals surface area contributed by atoms with Gasteiger partial charge in [0.05, 0.1) is 30.0 Å². The van der Waals surface area contributed by atoms with Crippen molar-refractivity contribution in [2.75, 3.05) is 22.5 Å². The third-order valence-corrected chi connectivity index (χ3v) is 5.91. The minimum atomic E-state index is -3.76. The van der Waals surface area contributed by atoms with E-state index < -0.39 is 26.7 Å². The van der Waals surface area contributed by atoms with Crippen LogP contribution in [-0.4, -0.2) is 32.1 Å². The highest BCUT2D eigenvalue weighted by molar-refractivity contribution is 7.92. The molecule has 0 atom stereocenters. The highest BCUT2D eigenvalue weighted by Crippen LogP contribution is 2.27. The second-order valence-electron chi connectivity index (χ2n) is 7.26. The standard InChI is InChI=1S/C23H22FN3O6S/c1-3-33-22-12-7-16(23(28)25-19-5-4-6-21(14-19)27(29)30)13-17(22)15-26(34(2,31)32)20-10-8-18(24)9-11-20/h4-14H,3,15H2,1-2H3,(H,25,28). The smallest absolute Gasteiger partial charge is 0.271 e. The number of sulfonamides is 1. The molecule has 0 bridgehead atoms. The Bertz CT molecular complexity index is 1310. The maximum atomic E-state index is 13.4. The molecule has 0 unspecified atom stereocenters. The van der Waals surface area contributed by atoms with Crippen LogP contribution < -0.4 is 14.4 Å². The van der Waals surface area contributed by atoms with Crippen molar-refractivity contribution in [2.45, 2.75) is 13.5 Å². The summed E-state index contributed by atoms with van der Waals surface area (Å²) in [7, 11) is -3.76. The highest BCUT2D eigenvalue weighted by atomic mass is 32.2. The molecule has 0 fully saturated rings. The van der Waals surface area contributed by atoms with Gasteiger partial charge >= 0.3 is 0 Å². The Kier molecular flexibility index (Phi) is 7.47. The van der Waals surface area contributed by atoms with Crippen LogP contribution in [0.15, 0.2) is 66.7 Å². The van der Waals surface area contributed by atoms with Crippen molar-refractivity contribution in [1.29, 1.82) is 0 Å². The van der Waals surface area contributed by atoms with E-state index in [1.54, 1.807) is 13.0 Å². The lowest BCUT2D eigenvalue weighted by Gasteiger charge is -2.24. The van der Waals surface area contributed by atoms with Crippen LogP contribution in [0.1, 0.15) is 22.8 Å². The van der Waals surface area contributed by atoms with E-state index in [1.807, 2.05) is 0 Å². The number of hydrogen-bond donors (Lipinski definition) is 1.